The van der Waals surface area contributed by atoms with Crippen LogP contribution < -0.4 is 0 Å². The molecule has 1 N–H and O–H groups in total. The van der Waals surface area contributed by atoms with E-state index in [-0.39, 0.29) is 27.9 Å². The summed E-state index contributed by atoms with van der Waals surface area (Å²) in [7, 11) is 0. The molecule has 6 unspecified atom stereocenters. The molecule has 4 aliphatic rings. The van der Waals surface area contributed by atoms with E-state index in [0.29, 0.717) is 35.7 Å². The number of ketones is 2. The minimum Gasteiger partial charge on any atom is -0.452 e. The Kier molecular flexibility index (Phi) is 6.41. The van der Waals surface area contributed by atoms with Gasteiger partial charge in [-0.15, -0.1) is 0 Å². The molecular formula is C30H40O5. The van der Waals surface area contributed by atoms with Crippen molar-refractivity contribution in [3.8, 4) is 0 Å². The molecule has 35 heavy (non-hydrogen) atoms. The van der Waals surface area contributed by atoms with Gasteiger partial charge in [0.2, 0.25) is 0 Å². The molecule has 3 aliphatic carbocycles. The quantitative estimate of drug-likeness (QED) is 0.329. The Balaban J connectivity index is 1.58. The molecule has 0 aromatic carbocycles. The van der Waals surface area contributed by atoms with Gasteiger partial charge in [0.25, 0.3) is 0 Å². The highest BCUT2D eigenvalue weighted by Crippen LogP contribution is 2.68. The maximum absolute atomic E-state index is 13.4. The van der Waals surface area contributed by atoms with Crippen molar-refractivity contribution in [2.24, 2.45) is 28.1 Å². The number of cyclic esters (lactones) is 1. The minimum absolute atomic E-state index is 0.0171. The lowest BCUT2D eigenvalue weighted by Crippen LogP contribution is -2.56. The summed E-state index contributed by atoms with van der Waals surface area (Å²) >= 11 is 0. The van der Waals surface area contributed by atoms with Crippen molar-refractivity contribution >= 4 is 17.5 Å². The van der Waals surface area contributed by atoms with E-state index in [9.17, 15) is 19.5 Å². The number of fused-ring (bicyclic) bond motifs is 3. The zero-order chi connectivity index (χ0) is 25.9. The highest BCUT2D eigenvalue weighted by molar-refractivity contribution is 6.01. The monoisotopic (exact) mass is 480 g/mol. The normalized spacial score (nSPS) is 39.3. The Morgan fingerprint density at radius 2 is 1.80 bits per heavy atom. The smallest absolute Gasteiger partial charge is 0.334 e. The molecule has 3 saturated carbocycles. The van der Waals surface area contributed by atoms with Crippen LogP contribution in [0.5, 0.6) is 0 Å². The first-order chi connectivity index (χ1) is 16.2. The molecule has 0 aromatic heterocycles. The Morgan fingerprint density at radius 3 is 2.43 bits per heavy atom. The first-order valence-corrected chi connectivity index (χ1v) is 12.9. The van der Waals surface area contributed by atoms with Crippen LogP contribution in [0, 0.1) is 28.1 Å². The Labute approximate surface area is 209 Å². The van der Waals surface area contributed by atoms with Crippen LogP contribution in [0.3, 0.4) is 0 Å². The summed E-state index contributed by atoms with van der Waals surface area (Å²) in [6, 6.07) is 0. The van der Waals surface area contributed by atoms with Crippen LogP contribution in [0.2, 0.25) is 0 Å². The van der Waals surface area contributed by atoms with E-state index in [2.05, 4.69) is 27.7 Å². The van der Waals surface area contributed by atoms with Crippen molar-refractivity contribution < 1.29 is 24.2 Å². The third kappa shape index (κ3) is 4.00. The predicted octanol–water partition coefficient (Wildman–Crippen LogP) is 5.44. The molecule has 0 radical (unpaired) electrons. The first-order valence-electron chi connectivity index (χ1n) is 12.9. The summed E-state index contributed by atoms with van der Waals surface area (Å²) in [5.41, 5.74) is 2.56. The van der Waals surface area contributed by atoms with Gasteiger partial charge < -0.3 is 9.84 Å². The zero-order valence-corrected chi connectivity index (χ0v) is 22.2. The molecule has 3 fully saturated rings. The summed E-state index contributed by atoms with van der Waals surface area (Å²) in [5, 5.41) is 10.6. The second-order valence-electron chi connectivity index (χ2n) is 12.3. The average molecular weight is 481 g/mol. The molecule has 0 bridgehead atoms. The van der Waals surface area contributed by atoms with Gasteiger partial charge in [-0.25, -0.2) is 4.79 Å². The molecular weight excluding hydrogens is 440 g/mol. The molecule has 0 aromatic rings. The highest BCUT2D eigenvalue weighted by atomic mass is 16.6. The Bertz CT molecular complexity index is 1090. The van der Waals surface area contributed by atoms with Crippen LogP contribution in [-0.4, -0.2) is 34.9 Å². The van der Waals surface area contributed by atoms with Crippen LogP contribution in [0.4, 0.5) is 0 Å². The molecule has 5 heteroatoms. The van der Waals surface area contributed by atoms with Crippen molar-refractivity contribution in [3.63, 3.8) is 0 Å². The number of carbonyl (C=O) groups excluding carboxylic acids is 3. The summed E-state index contributed by atoms with van der Waals surface area (Å²) in [4.78, 5) is 37.7. The van der Waals surface area contributed by atoms with Crippen LogP contribution in [-0.2, 0) is 19.1 Å². The number of aliphatic hydroxyl groups excluding tert-OH is 1. The van der Waals surface area contributed by atoms with Crippen LogP contribution >= 0.6 is 0 Å². The lowest BCUT2D eigenvalue weighted by molar-refractivity contribution is -0.154. The van der Waals surface area contributed by atoms with Crippen molar-refractivity contribution in [3.05, 3.63) is 46.6 Å². The minimum atomic E-state index is -0.906. The van der Waals surface area contributed by atoms with Gasteiger partial charge in [0.05, 0.1) is 0 Å². The van der Waals surface area contributed by atoms with Gasteiger partial charge in [0, 0.05) is 34.8 Å². The number of ether oxygens (including phenoxy) is 1. The third-order valence-corrected chi connectivity index (χ3v) is 9.89. The first kappa shape index (κ1) is 25.8. The maximum Gasteiger partial charge on any atom is 0.334 e. The Morgan fingerprint density at radius 1 is 1.11 bits per heavy atom. The second-order valence-corrected chi connectivity index (χ2v) is 12.3. The van der Waals surface area contributed by atoms with Crippen molar-refractivity contribution in [1.29, 1.82) is 0 Å². The van der Waals surface area contributed by atoms with E-state index in [1.165, 1.54) is 0 Å². The van der Waals surface area contributed by atoms with Gasteiger partial charge in [-0.3, -0.25) is 9.59 Å². The van der Waals surface area contributed by atoms with Gasteiger partial charge in [0.1, 0.15) is 11.9 Å². The molecule has 0 saturated heterocycles. The number of allylic oxidation sites excluding steroid dienone is 5. The predicted molar refractivity (Wildman–Crippen MR) is 135 cm³/mol. The van der Waals surface area contributed by atoms with Crippen LogP contribution in [0.1, 0.15) is 80.6 Å². The molecule has 0 spiro atoms. The van der Waals surface area contributed by atoms with Crippen LogP contribution in [0.15, 0.2) is 46.6 Å². The maximum atomic E-state index is 13.4. The second kappa shape index (κ2) is 8.69. The number of Topliss-reactive ketones (excluding diaryl/α,β-unsaturated/α-hetero) is 2. The molecule has 190 valence electrons. The van der Waals surface area contributed by atoms with Gasteiger partial charge in [-0.05, 0) is 74.5 Å². The lowest BCUT2D eigenvalue weighted by atomic mass is 9.43. The highest BCUT2D eigenvalue weighted by Gasteiger charge is 2.64. The van der Waals surface area contributed by atoms with Gasteiger partial charge in [0.15, 0.2) is 11.9 Å². The summed E-state index contributed by atoms with van der Waals surface area (Å²) < 4.78 is 5.20. The number of esters is 1. The number of aliphatic hydroxyl groups is 1. The molecule has 6 atom stereocenters. The topological polar surface area (TPSA) is 80.7 Å². The summed E-state index contributed by atoms with van der Waals surface area (Å²) in [6.45, 7) is 14.3. The van der Waals surface area contributed by atoms with E-state index >= 15 is 0 Å². The lowest BCUT2D eigenvalue weighted by Gasteiger charge is -2.60. The fraction of sp³-hybridized carbons (Fsp3) is 0.633. The number of hydrogen-bond acceptors (Lipinski definition) is 5. The van der Waals surface area contributed by atoms with Crippen molar-refractivity contribution in [2.75, 3.05) is 0 Å². The summed E-state index contributed by atoms with van der Waals surface area (Å²) in [6.07, 6.45) is 9.65. The molecule has 5 nitrogen and oxygen atoms in total. The largest absolute Gasteiger partial charge is 0.452 e. The van der Waals surface area contributed by atoms with Crippen LogP contribution in [0.25, 0.3) is 0 Å². The fourth-order valence-corrected chi connectivity index (χ4v) is 7.89. The molecule has 1 heterocycles. The zero-order valence-electron chi connectivity index (χ0n) is 22.2. The van der Waals surface area contributed by atoms with Crippen molar-refractivity contribution in [1.82, 2.24) is 0 Å². The van der Waals surface area contributed by atoms with E-state index in [1.807, 2.05) is 25.2 Å². The van der Waals surface area contributed by atoms with E-state index in [1.54, 1.807) is 19.9 Å². The molecule has 4 rings (SSSR count). The Hall–Kier alpha value is -2.27. The third-order valence-electron chi connectivity index (χ3n) is 9.89. The number of carbonyl (C=O) groups is 3. The van der Waals surface area contributed by atoms with E-state index < -0.39 is 18.2 Å². The van der Waals surface area contributed by atoms with E-state index in [4.69, 9.17) is 4.74 Å². The summed E-state index contributed by atoms with van der Waals surface area (Å²) in [5.74, 6) is 0.764. The van der Waals surface area contributed by atoms with Gasteiger partial charge >= 0.3 is 5.97 Å². The van der Waals surface area contributed by atoms with Crippen molar-refractivity contribution in [2.45, 2.75) is 92.8 Å². The van der Waals surface area contributed by atoms with Gasteiger partial charge in [-0.2, -0.15) is 0 Å². The van der Waals surface area contributed by atoms with Gasteiger partial charge in [-0.1, -0.05) is 45.9 Å². The SMILES string of the molecule is CC1=CC(C(O)C(C)=CC=CC(C)=C2C(=O)CC3C2(C)CCC2C(C)(C)C(=O)CCC23C)OC1=O. The number of rotatable bonds is 4. The molecule has 0 amide bonds. The number of hydrogen-bond donors (Lipinski definition) is 1. The standard InChI is InChI=1S/C30H40O5/c1-17(9-8-10-18(2)26(33)21-15-19(3)27(34)35-21)25-20(31)16-23-29(6)14-12-24(32)28(4,5)22(29)11-13-30(23,25)7/h8-10,15,21-23,26,33H,11-14,16H2,1-7H3. The molecule has 1 aliphatic heterocycles. The van der Waals surface area contributed by atoms with E-state index in [0.717, 1.165) is 30.4 Å². The average Bonchev–Trinajstić information content (AvgIpc) is 3.26. The fourth-order valence-electron chi connectivity index (χ4n) is 7.89.